The summed E-state index contributed by atoms with van der Waals surface area (Å²) >= 11 is 0. The van der Waals surface area contributed by atoms with Gasteiger partial charge in [0.05, 0.1) is 0 Å². The Labute approximate surface area is 132 Å². The molecular weight excluding hydrogens is 294 g/mol. The highest BCUT2D eigenvalue weighted by Crippen LogP contribution is 2.20. The normalized spacial score (nSPS) is 10.5. The third kappa shape index (κ3) is 3.37. The van der Waals surface area contributed by atoms with Crippen LogP contribution in [0, 0.1) is 6.92 Å². The zero-order valence-electron chi connectivity index (χ0n) is 12.7. The van der Waals surface area contributed by atoms with Crippen molar-refractivity contribution in [3.63, 3.8) is 0 Å². The van der Waals surface area contributed by atoms with E-state index < -0.39 is 0 Å². The molecule has 0 aliphatic heterocycles. The Bertz CT molecular complexity index is 882. The summed E-state index contributed by atoms with van der Waals surface area (Å²) in [6.07, 6.45) is 0. The Morgan fingerprint density at radius 1 is 1.00 bits per heavy atom. The Balaban J connectivity index is 1.69. The lowest BCUT2D eigenvalue weighted by molar-refractivity contribution is 0.101. The van der Waals surface area contributed by atoms with Crippen molar-refractivity contribution in [1.82, 2.24) is 4.98 Å². The number of nitrogens with one attached hydrogen (secondary N) is 2. The summed E-state index contributed by atoms with van der Waals surface area (Å²) in [6, 6.07) is 11.6. The van der Waals surface area contributed by atoms with Crippen molar-refractivity contribution in [3.05, 3.63) is 53.9 Å². The van der Waals surface area contributed by atoms with Gasteiger partial charge in [0.1, 0.15) is 5.52 Å². The maximum Gasteiger partial charge on any atom is 0.323 e. The molecule has 1 aromatic heterocycles. The Morgan fingerprint density at radius 2 is 1.65 bits per heavy atom. The number of Topliss-reactive ketones (excluding diaryl/α,β-unsaturated/α-hetero) is 1. The first-order valence-electron chi connectivity index (χ1n) is 7.07. The number of fused-ring (bicyclic) bond motifs is 1. The van der Waals surface area contributed by atoms with Crippen LogP contribution < -0.4 is 10.6 Å². The van der Waals surface area contributed by atoms with Crippen molar-refractivity contribution >= 4 is 34.3 Å². The molecule has 6 heteroatoms. The number of hydrogen-bond acceptors (Lipinski definition) is 4. The van der Waals surface area contributed by atoms with Crippen LogP contribution in [-0.4, -0.2) is 16.8 Å². The molecule has 116 valence electrons. The van der Waals surface area contributed by atoms with Gasteiger partial charge in [0, 0.05) is 23.9 Å². The summed E-state index contributed by atoms with van der Waals surface area (Å²) in [5.41, 5.74) is 3.18. The molecule has 23 heavy (non-hydrogen) atoms. The van der Waals surface area contributed by atoms with Crippen molar-refractivity contribution in [2.45, 2.75) is 13.8 Å². The van der Waals surface area contributed by atoms with Gasteiger partial charge in [0.2, 0.25) is 0 Å². The monoisotopic (exact) mass is 309 g/mol. The van der Waals surface area contributed by atoms with E-state index in [1.165, 1.54) is 6.92 Å². The second kappa shape index (κ2) is 5.92. The van der Waals surface area contributed by atoms with E-state index in [9.17, 15) is 9.59 Å². The highest BCUT2D eigenvalue weighted by atomic mass is 16.3. The molecule has 3 rings (SSSR count). The van der Waals surface area contributed by atoms with Crippen LogP contribution in [0.2, 0.25) is 0 Å². The van der Waals surface area contributed by atoms with E-state index in [4.69, 9.17) is 4.42 Å². The molecular formula is C17H15N3O3. The number of carbonyl (C=O) groups is 2. The Hall–Kier alpha value is -3.15. The van der Waals surface area contributed by atoms with E-state index in [1.54, 1.807) is 49.4 Å². The van der Waals surface area contributed by atoms with Crippen LogP contribution in [0.15, 0.2) is 46.9 Å². The lowest BCUT2D eigenvalue weighted by Crippen LogP contribution is -2.19. The SMILES string of the molecule is CC(=O)c1ccc(NC(=O)Nc2ccc3oc(C)nc3c2)cc1. The minimum atomic E-state index is -0.375. The van der Waals surface area contributed by atoms with E-state index in [-0.39, 0.29) is 11.8 Å². The summed E-state index contributed by atoms with van der Waals surface area (Å²) < 4.78 is 5.39. The molecule has 0 aliphatic rings. The molecule has 1 heterocycles. The zero-order valence-corrected chi connectivity index (χ0v) is 12.7. The largest absolute Gasteiger partial charge is 0.441 e. The van der Waals surface area contributed by atoms with Crippen LogP contribution >= 0.6 is 0 Å². The van der Waals surface area contributed by atoms with E-state index in [1.807, 2.05) is 0 Å². The van der Waals surface area contributed by atoms with Crippen molar-refractivity contribution in [3.8, 4) is 0 Å². The minimum absolute atomic E-state index is 0.0165. The number of aryl methyl sites for hydroxylation is 1. The molecule has 0 unspecified atom stereocenters. The third-order valence-electron chi connectivity index (χ3n) is 3.30. The number of rotatable bonds is 3. The first-order chi connectivity index (χ1) is 11.0. The van der Waals surface area contributed by atoms with Gasteiger partial charge in [0.25, 0.3) is 0 Å². The van der Waals surface area contributed by atoms with Gasteiger partial charge in [-0.3, -0.25) is 4.79 Å². The molecule has 6 nitrogen and oxygen atoms in total. The molecule has 0 bridgehead atoms. The molecule has 2 N–H and O–H groups in total. The van der Waals surface area contributed by atoms with Crippen molar-refractivity contribution in [2.24, 2.45) is 0 Å². The summed E-state index contributed by atoms with van der Waals surface area (Å²) in [4.78, 5) is 27.4. The molecule has 0 atom stereocenters. The maximum absolute atomic E-state index is 12.0. The molecule has 2 amide bonds. The number of nitrogens with zero attached hydrogens (tertiary/aromatic N) is 1. The molecule has 0 fully saturated rings. The zero-order chi connectivity index (χ0) is 16.4. The first kappa shape index (κ1) is 14.8. The minimum Gasteiger partial charge on any atom is -0.441 e. The van der Waals surface area contributed by atoms with Crippen LogP contribution in [-0.2, 0) is 0 Å². The number of anilines is 2. The van der Waals surface area contributed by atoms with E-state index >= 15 is 0 Å². The summed E-state index contributed by atoms with van der Waals surface area (Å²) in [5, 5.41) is 5.44. The van der Waals surface area contributed by atoms with Gasteiger partial charge in [-0.15, -0.1) is 0 Å². The number of oxazole rings is 1. The van der Waals surface area contributed by atoms with Crippen LogP contribution in [0.4, 0.5) is 16.2 Å². The number of ketones is 1. The lowest BCUT2D eigenvalue weighted by atomic mass is 10.1. The molecule has 0 spiro atoms. The fourth-order valence-electron chi connectivity index (χ4n) is 2.20. The molecule has 0 saturated carbocycles. The topological polar surface area (TPSA) is 84.2 Å². The van der Waals surface area contributed by atoms with E-state index in [0.717, 1.165) is 0 Å². The number of hydrogen-bond donors (Lipinski definition) is 2. The standard InChI is InChI=1S/C17H15N3O3/c1-10(21)12-3-5-13(6-4-12)19-17(22)20-14-7-8-16-15(9-14)18-11(2)23-16/h3-9H,1-2H3,(H2,19,20,22). The Kier molecular flexibility index (Phi) is 3.80. The fourth-order valence-corrected chi connectivity index (χ4v) is 2.20. The number of carbonyl (C=O) groups excluding carboxylic acids is 2. The highest BCUT2D eigenvalue weighted by Gasteiger charge is 2.07. The van der Waals surface area contributed by atoms with Crippen LogP contribution in [0.3, 0.4) is 0 Å². The first-order valence-corrected chi connectivity index (χ1v) is 7.07. The van der Waals surface area contributed by atoms with Crippen molar-refractivity contribution < 1.29 is 14.0 Å². The molecule has 0 saturated heterocycles. The Morgan fingerprint density at radius 3 is 2.35 bits per heavy atom. The fraction of sp³-hybridized carbons (Fsp3) is 0.118. The molecule has 2 aromatic carbocycles. The van der Waals surface area contributed by atoms with E-state index in [0.29, 0.717) is 33.9 Å². The van der Waals surface area contributed by atoms with Gasteiger partial charge in [0.15, 0.2) is 17.3 Å². The van der Waals surface area contributed by atoms with Crippen molar-refractivity contribution in [1.29, 1.82) is 0 Å². The smallest absolute Gasteiger partial charge is 0.323 e. The number of benzene rings is 2. The summed E-state index contributed by atoms with van der Waals surface area (Å²) in [6.45, 7) is 3.27. The summed E-state index contributed by atoms with van der Waals surface area (Å²) in [5.74, 6) is 0.560. The second-order valence-corrected chi connectivity index (χ2v) is 5.13. The predicted octanol–water partition coefficient (Wildman–Crippen LogP) is 3.98. The van der Waals surface area contributed by atoms with Gasteiger partial charge in [-0.2, -0.15) is 0 Å². The maximum atomic E-state index is 12.0. The van der Waals surface area contributed by atoms with E-state index in [2.05, 4.69) is 15.6 Å². The quantitative estimate of drug-likeness (QED) is 0.717. The van der Waals surface area contributed by atoms with Gasteiger partial charge in [-0.25, -0.2) is 9.78 Å². The number of aromatic nitrogens is 1. The predicted molar refractivity (Wildman–Crippen MR) is 87.8 cm³/mol. The van der Waals surface area contributed by atoms with Gasteiger partial charge < -0.3 is 15.1 Å². The van der Waals surface area contributed by atoms with Crippen molar-refractivity contribution in [2.75, 3.05) is 10.6 Å². The molecule has 3 aromatic rings. The molecule has 0 radical (unpaired) electrons. The van der Waals surface area contributed by atoms with Crippen LogP contribution in [0.5, 0.6) is 0 Å². The average Bonchev–Trinajstić information content (AvgIpc) is 2.87. The van der Waals surface area contributed by atoms with Crippen LogP contribution in [0.1, 0.15) is 23.2 Å². The second-order valence-electron chi connectivity index (χ2n) is 5.13. The van der Waals surface area contributed by atoms with Crippen LogP contribution in [0.25, 0.3) is 11.1 Å². The third-order valence-corrected chi connectivity index (χ3v) is 3.30. The van der Waals surface area contributed by atoms with Gasteiger partial charge in [-0.05, 0) is 49.4 Å². The molecule has 0 aliphatic carbocycles. The summed E-state index contributed by atoms with van der Waals surface area (Å²) in [7, 11) is 0. The number of urea groups is 1. The average molecular weight is 309 g/mol. The lowest BCUT2D eigenvalue weighted by Gasteiger charge is -2.08. The number of amides is 2. The van der Waals surface area contributed by atoms with Gasteiger partial charge >= 0.3 is 6.03 Å². The van der Waals surface area contributed by atoms with Gasteiger partial charge in [-0.1, -0.05) is 0 Å². The highest BCUT2D eigenvalue weighted by molar-refractivity contribution is 6.01.